The average molecular weight is 374 g/mol. The Morgan fingerprint density at radius 2 is 1.23 bits per heavy atom. The Morgan fingerprint density at radius 1 is 0.692 bits per heavy atom. The van der Waals surface area contributed by atoms with Gasteiger partial charge in [0, 0.05) is 0 Å². The van der Waals surface area contributed by atoms with E-state index in [0.29, 0.717) is 19.8 Å². The highest BCUT2D eigenvalue weighted by atomic mass is 31.2. The number of hydrogen-bond donors (Lipinski definition) is 0. The molecule has 0 aliphatic carbocycles. The molecule has 0 spiro atoms. The van der Waals surface area contributed by atoms with E-state index in [-0.39, 0.29) is 0 Å². The van der Waals surface area contributed by atoms with Crippen molar-refractivity contribution >= 4 is 8.60 Å². The van der Waals surface area contributed by atoms with Gasteiger partial charge in [-0.05, 0) is 23.5 Å². The second kappa shape index (κ2) is 13.0. The van der Waals surface area contributed by atoms with Gasteiger partial charge >= 0.3 is 8.60 Å². The summed E-state index contributed by atoms with van der Waals surface area (Å²) in [7, 11) is -1.34. The zero-order valence-electron chi connectivity index (χ0n) is 16.0. The maximum Gasteiger partial charge on any atom is 0.333 e. The standard InChI is InChI=1S/C22H31O3P/c1-20(2)12-6-5-11-17-23-26(24-18-21-13-7-3-8-14-21)25-19-22-15-9-4-10-16-22/h3-4,7-10,13-16,20H,5-6,11-12,17-19H2,1-2H3. The Kier molecular flexibility index (Phi) is 10.5. The lowest BCUT2D eigenvalue weighted by Gasteiger charge is -2.17. The molecule has 0 amide bonds. The molecule has 0 aliphatic heterocycles. The third kappa shape index (κ3) is 9.45. The molecule has 0 bridgehead atoms. The highest BCUT2D eigenvalue weighted by Crippen LogP contribution is 2.41. The van der Waals surface area contributed by atoms with Crippen LogP contribution >= 0.6 is 8.60 Å². The van der Waals surface area contributed by atoms with Crippen LogP contribution in [0, 0.1) is 5.92 Å². The van der Waals surface area contributed by atoms with Crippen molar-refractivity contribution in [1.82, 2.24) is 0 Å². The second-order valence-electron chi connectivity index (χ2n) is 6.82. The van der Waals surface area contributed by atoms with Gasteiger partial charge in [0.2, 0.25) is 0 Å². The molecule has 2 rings (SSSR count). The van der Waals surface area contributed by atoms with Crippen molar-refractivity contribution in [2.75, 3.05) is 6.61 Å². The number of unbranched alkanes of at least 4 members (excludes halogenated alkanes) is 2. The summed E-state index contributed by atoms with van der Waals surface area (Å²) in [5, 5.41) is 0. The fraction of sp³-hybridized carbons (Fsp3) is 0.455. The monoisotopic (exact) mass is 374 g/mol. The van der Waals surface area contributed by atoms with Gasteiger partial charge in [-0.2, -0.15) is 0 Å². The van der Waals surface area contributed by atoms with Crippen molar-refractivity contribution in [3.8, 4) is 0 Å². The van der Waals surface area contributed by atoms with Crippen molar-refractivity contribution < 1.29 is 13.6 Å². The molecule has 0 saturated heterocycles. The van der Waals surface area contributed by atoms with Gasteiger partial charge in [0.15, 0.2) is 0 Å². The molecule has 26 heavy (non-hydrogen) atoms. The van der Waals surface area contributed by atoms with Crippen molar-refractivity contribution in [2.24, 2.45) is 5.92 Å². The lowest BCUT2D eigenvalue weighted by molar-refractivity contribution is 0.147. The normalized spacial score (nSPS) is 11.4. The van der Waals surface area contributed by atoms with E-state index in [1.54, 1.807) is 0 Å². The minimum Gasteiger partial charge on any atom is -0.312 e. The van der Waals surface area contributed by atoms with Crippen LogP contribution < -0.4 is 0 Å². The molecule has 142 valence electrons. The molecule has 0 N–H and O–H groups in total. The Labute approximate surface area is 159 Å². The summed E-state index contributed by atoms with van der Waals surface area (Å²) < 4.78 is 17.7. The molecule has 0 aliphatic rings. The van der Waals surface area contributed by atoms with Crippen molar-refractivity contribution in [3.63, 3.8) is 0 Å². The molecule has 0 unspecified atom stereocenters. The van der Waals surface area contributed by atoms with Crippen LogP contribution in [0.3, 0.4) is 0 Å². The molecule has 0 aromatic heterocycles. The van der Waals surface area contributed by atoms with Gasteiger partial charge in [-0.15, -0.1) is 0 Å². The summed E-state index contributed by atoms with van der Waals surface area (Å²) in [6.45, 7) is 6.24. The molecule has 0 fully saturated rings. The predicted octanol–water partition coefficient (Wildman–Crippen LogP) is 6.88. The van der Waals surface area contributed by atoms with Gasteiger partial charge in [0.25, 0.3) is 0 Å². The van der Waals surface area contributed by atoms with Crippen molar-refractivity contribution in [1.29, 1.82) is 0 Å². The molecule has 0 heterocycles. The number of rotatable bonds is 13. The van der Waals surface area contributed by atoms with Crippen molar-refractivity contribution in [3.05, 3.63) is 71.8 Å². The van der Waals surface area contributed by atoms with Gasteiger partial charge in [0.05, 0.1) is 19.8 Å². The van der Waals surface area contributed by atoms with Gasteiger partial charge in [-0.1, -0.05) is 93.8 Å². The van der Waals surface area contributed by atoms with E-state index in [4.69, 9.17) is 13.6 Å². The molecule has 3 nitrogen and oxygen atoms in total. The first-order valence-corrected chi connectivity index (χ1v) is 10.6. The van der Waals surface area contributed by atoms with E-state index in [9.17, 15) is 0 Å². The summed E-state index contributed by atoms with van der Waals surface area (Å²) in [5.41, 5.74) is 2.26. The summed E-state index contributed by atoms with van der Waals surface area (Å²) in [6.07, 6.45) is 4.78. The first-order valence-electron chi connectivity index (χ1n) is 9.51. The Balaban J connectivity index is 1.74. The molecule has 0 saturated carbocycles. The quantitative estimate of drug-likeness (QED) is 0.282. The molecule has 0 radical (unpaired) electrons. The van der Waals surface area contributed by atoms with Crippen LogP contribution in [0.4, 0.5) is 0 Å². The number of benzene rings is 2. The van der Waals surface area contributed by atoms with E-state index in [2.05, 4.69) is 38.1 Å². The third-order valence-corrected chi connectivity index (χ3v) is 5.05. The fourth-order valence-corrected chi connectivity index (χ4v) is 3.50. The van der Waals surface area contributed by atoms with E-state index in [1.165, 1.54) is 19.3 Å². The van der Waals surface area contributed by atoms with Crippen LogP contribution in [0.15, 0.2) is 60.7 Å². The van der Waals surface area contributed by atoms with Crippen molar-refractivity contribution in [2.45, 2.75) is 52.7 Å². The average Bonchev–Trinajstić information content (AvgIpc) is 2.67. The highest BCUT2D eigenvalue weighted by Gasteiger charge is 2.13. The van der Waals surface area contributed by atoms with Gasteiger partial charge in [-0.3, -0.25) is 0 Å². The van der Waals surface area contributed by atoms with E-state index < -0.39 is 8.60 Å². The van der Waals surface area contributed by atoms with Crippen LogP contribution in [0.5, 0.6) is 0 Å². The molecular formula is C22H31O3P. The first kappa shape index (κ1) is 21.1. The SMILES string of the molecule is CC(C)CCCCCOP(OCc1ccccc1)OCc1ccccc1. The zero-order chi connectivity index (χ0) is 18.5. The maximum absolute atomic E-state index is 5.92. The van der Waals surface area contributed by atoms with Crippen LogP contribution in [0.2, 0.25) is 0 Å². The lowest BCUT2D eigenvalue weighted by Crippen LogP contribution is -1.99. The lowest BCUT2D eigenvalue weighted by atomic mass is 10.1. The maximum atomic E-state index is 5.92. The van der Waals surface area contributed by atoms with Crippen LogP contribution in [0.25, 0.3) is 0 Å². The van der Waals surface area contributed by atoms with E-state index in [1.807, 2.05) is 36.4 Å². The smallest absolute Gasteiger partial charge is 0.312 e. The van der Waals surface area contributed by atoms with E-state index >= 15 is 0 Å². The van der Waals surface area contributed by atoms with Crippen LogP contribution in [0.1, 0.15) is 50.7 Å². The van der Waals surface area contributed by atoms with Gasteiger partial charge in [0.1, 0.15) is 0 Å². The number of hydrogen-bond acceptors (Lipinski definition) is 3. The molecular weight excluding hydrogens is 343 g/mol. The molecule has 2 aromatic rings. The minimum atomic E-state index is -1.34. The predicted molar refractivity (Wildman–Crippen MR) is 109 cm³/mol. The largest absolute Gasteiger partial charge is 0.333 e. The summed E-state index contributed by atoms with van der Waals surface area (Å²) in [5.74, 6) is 0.774. The molecule has 4 heteroatoms. The fourth-order valence-electron chi connectivity index (χ4n) is 2.49. The Hall–Kier alpha value is -1.25. The Morgan fingerprint density at radius 3 is 1.73 bits per heavy atom. The van der Waals surface area contributed by atoms with Gasteiger partial charge in [-0.25, -0.2) is 0 Å². The summed E-state index contributed by atoms with van der Waals surface area (Å²) in [4.78, 5) is 0. The second-order valence-corrected chi connectivity index (χ2v) is 8.04. The highest BCUT2D eigenvalue weighted by molar-refractivity contribution is 7.41. The summed E-state index contributed by atoms with van der Waals surface area (Å²) >= 11 is 0. The summed E-state index contributed by atoms with van der Waals surface area (Å²) in [6, 6.07) is 20.3. The topological polar surface area (TPSA) is 27.7 Å². The van der Waals surface area contributed by atoms with E-state index in [0.717, 1.165) is 23.5 Å². The third-order valence-electron chi connectivity index (χ3n) is 3.98. The minimum absolute atomic E-state index is 0.509. The molecule has 0 atom stereocenters. The zero-order valence-corrected chi connectivity index (χ0v) is 16.9. The molecule has 2 aromatic carbocycles. The first-order chi connectivity index (χ1) is 12.7. The van der Waals surface area contributed by atoms with Crippen LogP contribution in [-0.2, 0) is 26.8 Å². The Bertz CT molecular complexity index is 531. The van der Waals surface area contributed by atoms with Crippen LogP contribution in [-0.4, -0.2) is 6.61 Å². The van der Waals surface area contributed by atoms with Gasteiger partial charge < -0.3 is 13.6 Å².